The molecule has 0 heterocycles. The summed E-state index contributed by atoms with van der Waals surface area (Å²) in [6.07, 6.45) is 0. The Morgan fingerprint density at radius 3 is 1.58 bits per heavy atom. The Morgan fingerprint density at radius 2 is 1.21 bits per heavy atom. The molecule has 0 aromatic heterocycles. The summed E-state index contributed by atoms with van der Waals surface area (Å²) >= 11 is 29.6. The van der Waals surface area contributed by atoms with E-state index in [1.807, 2.05) is 19.6 Å². The van der Waals surface area contributed by atoms with Crippen LogP contribution in [0, 0.1) is 11.5 Å². The highest BCUT2D eigenvalue weighted by Crippen LogP contribution is 2.43. The molecule has 102 valence electrons. The summed E-state index contributed by atoms with van der Waals surface area (Å²) in [6.45, 7) is 6.04. The van der Waals surface area contributed by atoms with Crippen LogP contribution in [0.15, 0.2) is 0 Å². The molecule has 0 fully saturated rings. The standard InChI is InChI=1S/C12H9Cl5OSi/c1-19(2,3)5-4-6(18)7-8(13)10(15)12(17)11(16)9(7)14/h1-3H3. The fourth-order valence-corrected chi connectivity index (χ4v) is 2.91. The van der Waals surface area contributed by atoms with Gasteiger partial charge in [0, 0.05) is 0 Å². The molecule has 1 nitrogen and oxygen atoms in total. The minimum Gasteiger partial charge on any atom is -0.279 e. The molecule has 0 aliphatic carbocycles. The number of hydrogen-bond donors (Lipinski definition) is 0. The molecule has 0 N–H and O–H groups in total. The Balaban J connectivity index is 3.44. The van der Waals surface area contributed by atoms with Crippen LogP contribution in [0.5, 0.6) is 0 Å². The summed E-state index contributed by atoms with van der Waals surface area (Å²) in [5.41, 5.74) is 2.92. The van der Waals surface area contributed by atoms with Crippen molar-refractivity contribution in [1.29, 1.82) is 0 Å². The number of benzene rings is 1. The van der Waals surface area contributed by atoms with Crippen LogP contribution in [-0.2, 0) is 0 Å². The summed E-state index contributed by atoms with van der Waals surface area (Å²) in [6, 6.07) is 0. The van der Waals surface area contributed by atoms with E-state index in [0.29, 0.717) is 0 Å². The van der Waals surface area contributed by atoms with Crippen molar-refractivity contribution in [1.82, 2.24) is 0 Å². The molecule has 0 aliphatic rings. The van der Waals surface area contributed by atoms with E-state index in [2.05, 4.69) is 11.5 Å². The Labute approximate surface area is 138 Å². The van der Waals surface area contributed by atoms with E-state index < -0.39 is 13.9 Å². The Bertz CT molecular complexity index is 578. The molecule has 0 saturated carbocycles. The first kappa shape index (κ1) is 17.2. The lowest BCUT2D eigenvalue weighted by molar-refractivity contribution is 0.105. The molecule has 0 amide bonds. The first-order valence-corrected chi connectivity index (χ1v) is 10.5. The normalized spacial score (nSPS) is 10.9. The zero-order valence-corrected chi connectivity index (χ0v) is 15.1. The highest BCUT2D eigenvalue weighted by Gasteiger charge is 2.23. The molecule has 0 atom stereocenters. The maximum absolute atomic E-state index is 12.1. The number of ketones is 1. The molecule has 19 heavy (non-hydrogen) atoms. The van der Waals surface area contributed by atoms with Crippen LogP contribution in [-0.4, -0.2) is 13.9 Å². The van der Waals surface area contributed by atoms with Gasteiger partial charge in [-0.25, -0.2) is 0 Å². The van der Waals surface area contributed by atoms with Gasteiger partial charge in [-0.1, -0.05) is 77.6 Å². The number of carbonyl (C=O) groups excluding carboxylic acids is 1. The average Bonchev–Trinajstić information content (AvgIpc) is 2.31. The zero-order valence-electron chi connectivity index (χ0n) is 10.3. The molecule has 0 bridgehead atoms. The van der Waals surface area contributed by atoms with Crippen molar-refractivity contribution in [3.05, 3.63) is 30.7 Å². The highest BCUT2D eigenvalue weighted by atomic mass is 35.5. The van der Waals surface area contributed by atoms with Crippen LogP contribution in [0.1, 0.15) is 10.4 Å². The van der Waals surface area contributed by atoms with Crippen LogP contribution in [0.3, 0.4) is 0 Å². The van der Waals surface area contributed by atoms with Gasteiger partial charge in [0.1, 0.15) is 8.07 Å². The van der Waals surface area contributed by atoms with Gasteiger partial charge in [-0.2, -0.15) is 0 Å². The van der Waals surface area contributed by atoms with Crippen molar-refractivity contribution < 1.29 is 4.79 Å². The minimum absolute atomic E-state index is 0.00381. The molecule has 0 radical (unpaired) electrons. The Kier molecular flexibility index (Phi) is 5.66. The lowest BCUT2D eigenvalue weighted by Gasteiger charge is -2.09. The van der Waals surface area contributed by atoms with Crippen LogP contribution in [0.4, 0.5) is 0 Å². The van der Waals surface area contributed by atoms with E-state index in [1.54, 1.807) is 0 Å². The van der Waals surface area contributed by atoms with E-state index in [1.165, 1.54) is 0 Å². The molecule has 1 rings (SSSR count). The van der Waals surface area contributed by atoms with Gasteiger partial charge >= 0.3 is 0 Å². The summed E-state index contributed by atoms with van der Waals surface area (Å²) in [7, 11) is -1.69. The molecule has 7 heteroatoms. The van der Waals surface area contributed by atoms with Crippen molar-refractivity contribution in [2.24, 2.45) is 0 Å². The van der Waals surface area contributed by atoms with Gasteiger partial charge < -0.3 is 0 Å². The van der Waals surface area contributed by atoms with Crippen LogP contribution < -0.4 is 0 Å². The third-order valence-electron chi connectivity index (χ3n) is 1.99. The van der Waals surface area contributed by atoms with Crippen molar-refractivity contribution in [2.75, 3.05) is 0 Å². The fraction of sp³-hybridized carbons (Fsp3) is 0.250. The third-order valence-corrected chi connectivity index (χ3v) is 5.14. The lowest BCUT2D eigenvalue weighted by Crippen LogP contribution is -2.17. The molecule has 0 unspecified atom stereocenters. The van der Waals surface area contributed by atoms with Crippen LogP contribution in [0.2, 0.25) is 44.8 Å². The smallest absolute Gasteiger partial charge is 0.238 e. The second-order valence-corrected chi connectivity index (χ2v) is 11.4. The van der Waals surface area contributed by atoms with Gasteiger partial charge in [0.05, 0.1) is 30.7 Å². The fourth-order valence-electron chi connectivity index (χ4n) is 1.11. The maximum atomic E-state index is 12.1. The number of rotatable bonds is 1. The van der Waals surface area contributed by atoms with E-state index in [-0.39, 0.29) is 30.7 Å². The van der Waals surface area contributed by atoms with Gasteiger partial charge in [-0.15, -0.1) is 5.54 Å². The van der Waals surface area contributed by atoms with E-state index >= 15 is 0 Å². The third kappa shape index (κ3) is 4.04. The van der Waals surface area contributed by atoms with E-state index in [9.17, 15) is 4.79 Å². The van der Waals surface area contributed by atoms with E-state index in [4.69, 9.17) is 58.0 Å². The number of Topliss-reactive ketones (excluding diaryl/α,β-unsaturated/α-hetero) is 1. The average molecular weight is 375 g/mol. The van der Waals surface area contributed by atoms with E-state index in [0.717, 1.165) is 0 Å². The van der Waals surface area contributed by atoms with Gasteiger partial charge in [0.15, 0.2) is 0 Å². The minimum atomic E-state index is -1.69. The van der Waals surface area contributed by atoms with Gasteiger partial charge in [-0.3, -0.25) is 4.79 Å². The summed E-state index contributed by atoms with van der Waals surface area (Å²) in [5.74, 6) is 2.02. The lowest BCUT2D eigenvalue weighted by atomic mass is 10.1. The predicted molar refractivity (Wildman–Crippen MR) is 86.9 cm³/mol. The second-order valence-electron chi connectivity index (χ2n) is 4.77. The molecular weight excluding hydrogens is 365 g/mol. The molecule has 1 aromatic rings. The highest BCUT2D eigenvalue weighted by molar-refractivity contribution is 6.84. The summed E-state index contributed by atoms with van der Waals surface area (Å²) < 4.78 is 0. The van der Waals surface area contributed by atoms with Crippen LogP contribution >= 0.6 is 58.0 Å². The van der Waals surface area contributed by atoms with Gasteiger partial charge in [-0.05, 0) is 5.92 Å². The van der Waals surface area contributed by atoms with Crippen LogP contribution in [0.25, 0.3) is 0 Å². The number of carbonyl (C=O) groups is 1. The monoisotopic (exact) mass is 372 g/mol. The predicted octanol–water partition coefficient (Wildman–Crippen LogP) is 6.02. The molecule has 0 aliphatic heterocycles. The Morgan fingerprint density at radius 1 is 0.842 bits per heavy atom. The summed E-state index contributed by atoms with van der Waals surface area (Å²) in [4.78, 5) is 12.1. The van der Waals surface area contributed by atoms with Crippen molar-refractivity contribution in [3.63, 3.8) is 0 Å². The number of hydrogen-bond acceptors (Lipinski definition) is 1. The first-order valence-electron chi connectivity index (χ1n) is 5.15. The van der Waals surface area contributed by atoms with Gasteiger partial charge in [0.25, 0.3) is 0 Å². The second kappa shape index (κ2) is 6.26. The largest absolute Gasteiger partial charge is 0.279 e. The topological polar surface area (TPSA) is 17.1 Å². The van der Waals surface area contributed by atoms with Crippen molar-refractivity contribution in [3.8, 4) is 11.5 Å². The van der Waals surface area contributed by atoms with Crippen molar-refractivity contribution in [2.45, 2.75) is 19.6 Å². The maximum Gasteiger partial charge on any atom is 0.238 e. The summed E-state index contributed by atoms with van der Waals surface area (Å²) in [5, 5.41) is -0.0494. The number of halogens is 5. The zero-order chi connectivity index (χ0) is 15.0. The molecule has 0 spiro atoms. The molecule has 1 aromatic carbocycles. The van der Waals surface area contributed by atoms with Crippen molar-refractivity contribution >= 4 is 71.9 Å². The Hall–Kier alpha value is 0.117. The SMILES string of the molecule is C[Si](C)(C)C#CC(=O)c1c(Cl)c(Cl)c(Cl)c(Cl)c1Cl. The molecular formula is C12H9Cl5OSi. The van der Waals surface area contributed by atoms with Gasteiger partial charge in [0.2, 0.25) is 5.78 Å². The first-order chi connectivity index (χ1) is 8.56. The molecule has 0 saturated heterocycles. The quantitative estimate of drug-likeness (QED) is 0.193.